The van der Waals surface area contributed by atoms with Crippen LogP contribution in [-0.4, -0.2) is 36.0 Å². The van der Waals surface area contributed by atoms with Crippen molar-refractivity contribution in [3.05, 3.63) is 41.5 Å². The minimum absolute atomic E-state index is 0.0533. The van der Waals surface area contributed by atoms with E-state index in [4.69, 9.17) is 4.52 Å². The van der Waals surface area contributed by atoms with Gasteiger partial charge in [0.2, 0.25) is 15.9 Å². The van der Waals surface area contributed by atoms with Gasteiger partial charge in [0, 0.05) is 13.1 Å². The van der Waals surface area contributed by atoms with Crippen LogP contribution in [0.4, 0.5) is 8.78 Å². The molecule has 1 fully saturated rings. The van der Waals surface area contributed by atoms with Gasteiger partial charge in [0.15, 0.2) is 10.7 Å². The van der Waals surface area contributed by atoms with Gasteiger partial charge in [-0.15, -0.1) is 0 Å². The molecule has 0 bridgehead atoms. The van der Waals surface area contributed by atoms with E-state index in [1.54, 1.807) is 6.92 Å². The van der Waals surface area contributed by atoms with Gasteiger partial charge in [-0.05, 0) is 31.9 Å². The number of sulfonamides is 1. The summed E-state index contributed by atoms with van der Waals surface area (Å²) in [7, 11) is -4.26. The Bertz CT molecular complexity index is 802. The Kier molecular flexibility index (Phi) is 4.15. The zero-order valence-electron chi connectivity index (χ0n) is 12.4. The first-order valence-corrected chi connectivity index (χ1v) is 8.58. The van der Waals surface area contributed by atoms with Crippen LogP contribution in [0.3, 0.4) is 0 Å². The molecule has 6 nitrogen and oxygen atoms in total. The van der Waals surface area contributed by atoms with Crippen LogP contribution in [0.1, 0.15) is 30.5 Å². The van der Waals surface area contributed by atoms with Gasteiger partial charge in [0.1, 0.15) is 11.6 Å². The number of rotatable bonds is 3. The molecule has 0 unspecified atom stereocenters. The molecule has 2 heterocycles. The number of halogens is 2. The summed E-state index contributed by atoms with van der Waals surface area (Å²) in [5.74, 6) is -1.67. The fourth-order valence-electron chi connectivity index (χ4n) is 2.70. The third-order valence-electron chi connectivity index (χ3n) is 3.79. The first kappa shape index (κ1) is 16.0. The Balaban J connectivity index is 1.91. The molecule has 0 radical (unpaired) electrons. The summed E-state index contributed by atoms with van der Waals surface area (Å²) in [4.78, 5) is 3.20. The Labute approximate surface area is 132 Å². The summed E-state index contributed by atoms with van der Waals surface area (Å²) in [6.07, 6.45) is 1.22. The van der Waals surface area contributed by atoms with Crippen molar-refractivity contribution in [2.75, 3.05) is 13.1 Å². The minimum Gasteiger partial charge on any atom is -0.339 e. The minimum atomic E-state index is -4.26. The number of benzene rings is 1. The maximum absolute atomic E-state index is 13.8. The molecule has 0 N–H and O–H groups in total. The van der Waals surface area contributed by atoms with Gasteiger partial charge >= 0.3 is 0 Å². The summed E-state index contributed by atoms with van der Waals surface area (Å²) in [6, 6.07) is 2.99. The molecule has 23 heavy (non-hydrogen) atoms. The Morgan fingerprint density at radius 3 is 2.61 bits per heavy atom. The molecule has 0 amide bonds. The van der Waals surface area contributed by atoms with E-state index in [1.807, 2.05) is 0 Å². The van der Waals surface area contributed by atoms with Crippen LogP contribution in [-0.2, 0) is 10.0 Å². The molecule has 0 aliphatic carbocycles. The highest BCUT2D eigenvalue weighted by molar-refractivity contribution is 7.89. The van der Waals surface area contributed by atoms with Crippen LogP contribution in [0, 0.1) is 18.6 Å². The molecular formula is C14H15F2N3O3S. The Morgan fingerprint density at radius 2 is 2.00 bits per heavy atom. The van der Waals surface area contributed by atoms with Gasteiger partial charge < -0.3 is 4.52 Å². The molecule has 124 valence electrons. The second-order valence-corrected chi connectivity index (χ2v) is 7.31. The van der Waals surface area contributed by atoms with E-state index in [1.165, 1.54) is 0 Å². The SMILES string of the molecule is Cc1noc([C@@H]2CCCN(S(=O)(=O)c3c(F)cccc3F)C2)n1. The highest BCUT2D eigenvalue weighted by Gasteiger charge is 2.36. The average molecular weight is 343 g/mol. The van der Waals surface area contributed by atoms with Crippen molar-refractivity contribution >= 4 is 10.0 Å². The number of hydrogen-bond donors (Lipinski definition) is 0. The molecule has 1 atom stereocenters. The van der Waals surface area contributed by atoms with E-state index in [2.05, 4.69) is 10.1 Å². The van der Waals surface area contributed by atoms with Gasteiger partial charge in [0.25, 0.3) is 0 Å². The lowest BCUT2D eigenvalue weighted by Gasteiger charge is -2.30. The summed E-state index contributed by atoms with van der Waals surface area (Å²) >= 11 is 0. The largest absolute Gasteiger partial charge is 0.339 e. The zero-order chi connectivity index (χ0) is 16.6. The summed E-state index contributed by atoms with van der Waals surface area (Å²) in [5, 5.41) is 3.69. The van der Waals surface area contributed by atoms with Crippen molar-refractivity contribution in [3.8, 4) is 0 Å². The van der Waals surface area contributed by atoms with Gasteiger partial charge in [0.05, 0.1) is 5.92 Å². The maximum atomic E-state index is 13.8. The lowest BCUT2D eigenvalue weighted by Crippen LogP contribution is -2.39. The topological polar surface area (TPSA) is 76.3 Å². The lowest BCUT2D eigenvalue weighted by molar-refractivity contribution is 0.264. The molecule has 1 aliphatic rings. The third kappa shape index (κ3) is 2.98. The molecule has 9 heteroatoms. The molecule has 1 saturated heterocycles. The molecule has 0 saturated carbocycles. The van der Waals surface area contributed by atoms with Crippen molar-refractivity contribution in [2.24, 2.45) is 0 Å². The van der Waals surface area contributed by atoms with Crippen LogP contribution >= 0.6 is 0 Å². The first-order valence-electron chi connectivity index (χ1n) is 7.14. The fraction of sp³-hybridized carbons (Fsp3) is 0.429. The number of aryl methyl sites for hydroxylation is 1. The van der Waals surface area contributed by atoms with E-state index in [0.29, 0.717) is 24.6 Å². The highest BCUT2D eigenvalue weighted by Crippen LogP contribution is 2.31. The zero-order valence-corrected chi connectivity index (χ0v) is 13.2. The molecule has 2 aromatic rings. The van der Waals surface area contributed by atoms with Gasteiger partial charge in [-0.3, -0.25) is 0 Å². The molecule has 1 aliphatic heterocycles. The molecule has 0 spiro atoms. The first-order chi connectivity index (χ1) is 10.9. The van der Waals surface area contributed by atoms with E-state index in [-0.39, 0.29) is 19.0 Å². The predicted molar refractivity (Wildman–Crippen MR) is 76.1 cm³/mol. The van der Waals surface area contributed by atoms with Crippen LogP contribution in [0.15, 0.2) is 27.6 Å². The Morgan fingerprint density at radius 1 is 1.30 bits per heavy atom. The van der Waals surface area contributed by atoms with Gasteiger partial charge in [-0.2, -0.15) is 9.29 Å². The lowest BCUT2D eigenvalue weighted by atomic mass is 10.00. The van der Waals surface area contributed by atoms with Crippen LogP contribution < -0.4 is 0 Å². The van der Waals surface area contributed by atoms with Crippen LogP contribution in [0.2, 0.25) is 0 Å². The van der Waals surface area contributed by atoms with Crippen molar-refractivity contribution in [1.29, 1.82) is 0 Å². The van der Waals surface area contributed by atoms with Crippen molar-refractivity contribution in [3.63, 3.8) is 0 Å². The smallest absolute Gasteiger partial charge is 0.248 e. The number of hydrogen-bond acceptors (Lipinski definition) is 5. The van der Waals surface area contributed by atoms with E-state index >= 15 is 0 Å². The van der Waals surface area contributed by atoms with Crippen molar-refractivity contribution in [1.82, 2.24) is 14.4 Å². The molecular weight excluding hydrogens is 328 g/mol. The summed E-state index contributed by atoms with van der Waals surface area (Å²) < 4.78 is 59.0. The second kappa shape index (κ2) is 5.97. The predicted octanol–water partition coefficient (Wildman–Crippen LogP) is 2.22. The third-order valence-corrected chi connectivity index (χ3v) is 5.71. The quantitative estimate of drug-likeness (QED) is 0.854. The van der Waals surface area contributed by atoms with Crippen LogP contribution in [0.5, 0.6) is 0 Å². The number of aromatic nitrogens is 2. The number of piperidine rings is 1. The van der Waals surface area contributed by atoms with Crippen molar-refractivity contribution in [2.45, 2.75) is 30.6 Å². The molecule has 3 rings (SSSR count). The Hall–Kier alpha value is -1.87. The maximum Gasteiger partial charge on any atom is 0.248 e. The second-order valence-electron chi connectivity index (χ2n) is 5.43. The summed E-state index contributed by atoms with van der Waals surface area (Å²) in [5.41, 5.74) is 0. The van der Waals surface area contributed by atoms with Gasteiger partial charge in [-0.1, -0.05) is 11.2 Å². The van der Waals surface area contributed by atoms with Crippen LogP contribution in [0.25, 0.3) is 0 Å². The van der Waals surface area contributed by atoms with Gasteiger partial charge in [-0.25, -0.2) is 17.2 Å². The average Bonchev–Trinajstić information content (AvgIpc) is 2.94. The molecule has 1 aromatic carbocycles. The monoisotopic (exact) mass is 343 g/mol. The normalized spacial score (nSPS) is 19.9. The van der Waals surface area contributed by atoms with E-state index in [9.17, 15) is 17.2 Å². The highest BCUT2D eigenvalue weighted by atomic mass is 32.2. The fourth-order valence-corrected chi connectivity index (χ4v) is 4.33. The standard InChI is InChI=1S/C14H15F2N3O3S/c1-9-17-14(22-18-9)10-4-3-7-19(8-10)23(20,21)13-11(15)5-2-6-12(13)16/h2,5-6,10H,3-4,7-8H2,1H3/t10-/m1/s1. The van der Waals surface area contributed by atoms with E-state index < -0.39 is 26.6 Å². The number of nitrogens with zero attached hydrogens (tertiary/aromatic N) is 3. The van der Waals surface area contributed by atoms with E-state index in [0.717, 1.165) is 22.5 Å². The molecule has 1 aromatic heterocycles. The summed E-state index contributed by atoms with van der Waals surface area (Å²) in [6.45, 7) is 1.91. The van der Waals surface area contributed by atoms with Crippen molar-refractivity contribution < 1.29 is 21.7 Å².